The third-order valence-electron chi connectivity index (χ3n) is 4.40. The van der Waals surface area contributed by atoms with E-state index in [1.165, 1.54) is 0 Å². The van der Waals surface area contributed by atoms with Crippen LogP contribution in [0.25, 0.3) is 0 Å². The first-order valence-electron chi connectivity index (χ1n) is 9.28. The van der Waals surface area contributed by atoms with Crippen LogP contribution in [0.1, 0.15) is 25.1 Å². The molecule has 0 aliphatic carbocycles. The molecule has 1 atom stereocenters. The number of nitrogens with zero attached hydrogens (tertiary/aromatic N) is 2. The quantitative estimate of drug-likeness (QED) is 0.631. The van der Waals surface area contributed by atoms with Crippen molar-refractivity contribution >= 4 is 0 Å². The predicted molar refractivity (Wildman–Crippen MR) is 107 cm³/mol. The average Bonchev–Trinajstić information content (AvgIpc) is 2.67. The predicted octanol–water partition coefficient (Wildman–Crippen LogP) is 2.46. The van der Waals surface area contributed by atoms with Gasteiger partial charge in [-0.2, -0.15) is 0 Å². The largest absolute Gasteiger partial charge is 0.493 e. The van der Waals surface area contributed by atoms with Crippen LogP contribution in [-0.4, -0.2) is 54.4 Å². The van der Waals surface area contributed by atoms with E-state index in [4.69, 9.17) is 9.47 Å². The van der Waals surface area contributed by atoms with Gasteiger partial charge in [-0.25, -0.2) is 0 Å². The third-order valence-corrected chi connectivity index (χ3v) is 4.40. The van der Waals surface area contributed by atoms with E-state index >= 15 is 0 Å². The summed E-state index contributed by atoms with van der Waals surface area (Å²) in [5, 5.41) is 13.6. The van der Waals surface area contributed by atoms with E-state index in [1.54, 1.807) is 13.3 Å². The van der Waals surface area contributed by atoms with Gasteiger partial charge in [-0.3, -0.25) is 4.98 Å². The van der Waals surface area contributed by atoms with Crippen LogP contribution in [-0.2, 0) is 13.1 Å². The highest BCUT2D eigenvalue weighted by molar-refractivity contribution is 5.43. The molecule has 0 amide bonds. The number of benzene rings is 1. The van der Waals surface area contributed by atoms with Gasteiger partial charge in [0.2, 0.25) is 0 Å². The molecule has 1 heterocycles. The molecule has 0 fully saturated rings. The number of hydrogen-bond acceptors (Lipinski definition) is 6. The molecule has 0 saturated heterocycles. The summed E-state index contributed by atoms with van der Waals surface area (Å²) < 4.78 is 11.2. The Morgan fingerprint density at radius 3 is 2.63 bits per heavy atom. The van der Waals surface area contributed by atoms with Gasteiger partial charge in [0.1, 0.15) is 12.7 Å². The summed E-state index contributed by atoms with van der Waals surface area (Å²) in [5.41, 5.74) is 2.08. The zero-order chi connectivity index (χ0) is 19.6. The van der Waals surface area contributed by atoms with E-state index in [0.717, 1.165) is 11.3 Å². The molecule has 1 aromatic carbocycles. The van der Waals surface area contributed by atoms with Gasteiger partial charge in [-0.1, -0.05) is 12.1 Å². The number of aliphatic hydroxyl groups excluding tert-OH is 1. The van der Waals surface area contributed by atoms with Crippen molar-refractivity contribution in [2.45, 2.75) is 39.1 Å². The van der Waals surface area contributed by atoms with Gasteiger partial charge in [0, 0.05) is 31.9 Å². The molecule has 0 bridgehead atoms. The molecule has 1 unspecified atom stereocenters. The Bertz CT molecular complexity index is 680. The lowest BCUT2D eigenvalue weighted by molar-refractivity contribution is 0.0668. The number of methoxy groups -OCH3 is 1. The van der Waals surface area contributed by atoms with Crippen molar-refractivity contribution in [1.29, 1.82) is 0 Å². The summed E-state index contributed by atoms with van der Waals surface area (Å²) in [6.45, 7) is 6.36. The summed E-state index contributed by atoms with van der Waals surface area (Å²) in [4.78, 5) is 6.39. The highest BCUT2D eigenvalue weighted by Crippen LogP contribution is 2.28. The Hall–Kier alpha value is -2.15. The number of rotatable bonds is 11. The lowest BCUT2D eigenvalue weighted by Crippen LogP contribution is -2.37. The van der Waals surface area contributed by atoms with E-state index < -0.39 is 6.10 Å². The number of ether oxygens (including phenoxy) is 2. The molecule has 2 rings (SSSR count). The molecule has 2 aromatic rings. The molecule has 1 aromatic heterocycles. The van der Waals surface area contributed by atoms with E-state index in [2.05, 4.69) is 29.0 Å². The standard InChI is InChI=1S/C21H31N3O3/c1-16(2)24(3)14-19(25)15-27-21-11-17(8-9-20(21)26-4)12-22-13-18-7-5-6-10-23-18/h5-11,16,19,22,25H,12-15H2,1-4H3. The number of aromatic nitrogens is 1. The van der Waals surface area contributed by atoms with E-state index in [9.17, 15) is 5.11 Å². The first-order valence-corrected chi connectivity index (χ1v) is 9.28. The van der Waals surface area contributed by atoms with Crippen LogP contribution < -0.4 is 14.8 Å². The Morgan fingerprint density at radius 1 is 1.15 bits per heavy atom. The molecule has 0 radical (unpaired) electrons. The van der Waals surface area contributed by atoms with Crippen molar-refractivity contribution in [3.63, 3.8) is 0 Å². The van der Waals surface area contributed by atoms with Crippen molar-refractivity contribution < 1.29 is 14.6 Å². The molecule has 0 aliphatic heterocycles. The fourth-order valence-corrected chi connectivity index (χ4v) is 2.56. The lowest BCUT2D eigenvalue weighted by Gasteiger charge is -2.24. The van der Waals surface area contributed by atoms with Crippen LogP contribution in [0.15, 0.2) is 42.6 Å². The van der Waals surface area contributed by atoms with Crippen molar-refractivity contribution in [3.05, 3.63) is 53.9 Å². The first kappa shape index (κ1) is 21.2. The molecule has 6 nitrogen and oxygen atoms in total. The number of likely N-dealkylation sites (N-methyl/N-ethyl adjacent to an activating group) is 1. The van der Waals surface area contributed by atoms with Crippen molar-refractivity contribution in [3.8, 4) is 11.5 Å². The highest BCUT2D eigenvalue weighted by Gasteiger charge is 2.13. The van der Waals surface area contributed by atoms with Crippen LogP contribution >= 0.6 is 0 Å². The number of pyridine rings is 1. The van der Waals surface area contributed by atoms with Crippen molar-refractivity contribution in [2.75, 3.05) is 27.3 Å². The van der Waals surface area contributed by atoms with Gasteiger partial charge >= 0.3 is 0 Å². The fraction of sp³-hybridized carbons (Fsp3) is 0.476. The summed E-state index contributed by atoms with van der Waals surface area (Å²) in [6.07, 6.45) is 1.23. The van der Waals surface area contributed by atoms with Crippen LogP contribution in [0, 0.1) is 0 Å². The third kappa shape index (κ3) is 7.17. The molecular weight excluding hydrogens is 342 g/mol. The van der Waals surface area contributed by atoms with Gasteiger partial charge in [-0.05, 0) is 50.7 Å². The number of nitrogens with one attached hydrogen (secondary N) is 1. The SMILES string of the molecule is COc1ccc(CNCc2ccccn2)cc1OCC(O)CN(C)C(C)C. The van der Waals surface area contributed by atoms with Crippen LogP contribution in [0.2, 0.25) is 0 Å². The van der Waals surface area contributed by atoms with E-state index in [-0.39, 0.29) is 6.61 Å². The Morgan fingerprint density at radius 2 is 1.96 bits per heavy atom. The Labute approximate surface area is 162 Å². The Balaban J connectivity index is 1.90. The monoisotopic (exact) mass is 373 g/mol. The van der Waals surface area contributed by atoms with Crippen molar-refractivity contribution in [2.24, 2.45) is 0 Å². The average molecular weight is 373 g/mol. The molecule has 0 spiro atoms. The summed E-state index contributed by atoms with van der Waals surface area (Å²) in [7, 11) is 3.60. The van der Waals surface area contributed by atoms with Crippen LogP contribution in [0.4, 0.5) is 0 Å². The normalized spacial score (nSPS) is 12.4. The summed E-state index contributed by atoms with van der Waals surface area (Å²) in [6, 6.07) is 12.1. The van der Waals surface area contributed by atoms with Gasteiger partial charge in [0.05, 0.1) is 12.8 Å². The smallest absolute Gasteiger partial charge is 0.161 e. The second kappa shape index (κ2) is 10.9. The first-order chi connectivity index (χ1) is 13.0. The molecule has 27 heavy (non-hydrogen) atoms. The second-order valence-electron chi connectivity index (χ2n) is 6.91. The Kier molecular flexibility index (Phi) is 8.51. The molecule has 0 saturated carbocycles. The topological polar surface area (TPSA) is 66.8 Å². The van der Waals surface area contributed by atoms with Gasteiger partial charge in [0.25, 0.3) is 0 Å². The molecule has 148 valence electrons. The minimum absolute atomic E-state index is 0.220. The zero-order valence-electron chi connectivity index (χ0n) is 16.7. The fourth-order valence-electron chi connectivity index (χ4n) is 2.56. The maximum Gasteiger partial charge on any atom is 0.161 e. The minimum Gasteiger partial charge on any atom is -0.493 e. The van der Waals surface area contributed by atoms with E-state index in [0.29, 0.717) is 37.2 Å². The molecular formula is C21H31N3O3. The second-order valence-corrected chi connectivity index (χ2v) is 6.91. The van der Waals surface area contributed by atoms with Gasteiger partial charge in [-0.15, -0.1) is 0 Å². The number of hydrogen-bond donors (Lipinski definition) is 2. The van der Waals surface area contributed by atoms with Crippen molar-refractivity contribution in [1.82, 2.24) is 15.2 Å². The lowest BCUT2D eigenvalue weighted by atomic mass is 10.2. The van der Waals surface area contributed by atoms with Gasteiger partial charge in [0.15, 0.2) is 11.5 Å². The summed E-state index contributed by atoms with van der Waals surface area (Å²) >= 11 is 0. The van der Waals surface area contributed by atoms with Crippen LogP contribution in [0.5, 0.6) is 11.5 Å². The number of aliphatic hydroxyl groups is 1. The highest BCUT2D eigenvalue weighted by atomic mass is 16.5. The minimum atomic E-state index is -0.562. The zero-order valence-corrected chi connectivity index (χ0v) is 16.7. The maximum absolute atomic E-state index is 10.2. The molecule has 0 aliphatic rings. The maximum atomic E-state index is 10.2. The van der Waals surface area contributed by atoms with E-state index in [1.807, 2.05) is 43.4 Å². The molecule has 6 heteroatoms. The van der Waals surface area contributed by atoms with Crippen LogP contribution in [0.3, 0.4) is 0 Å². The molecule has 2 N–H and O–H groups in total. The summed E-state index contributed by atoms with van der Waals surface area (Å²) in [5.74, 6) is 1.30. The van der Waals surface area contributed by atoms with Gasteiger partial charge < -0.3 is 24.8 Å².